The standard InChI is InChI=1S/C23H27ClN2O2/c1-23(2,3)16-7-9-18(10-8-16)26-22(28)20-14-19(20)21(27)25-12-11-15-5-4-6-17(24)13-15/h4-10,13,19-20H,11-12,14H2,1-3H3,(H,25,27)(H,26,28). The summed E-state index contributed by atoms with van der Waals surface area (Å²) in [4.78, 5) is 24.7. The molecule has 0 aliphatic heterocycles. The van der Waals surface area contributed by atoms with Crippen molar-refractivity contribution in [2.45, 2.75) is 39.0 Å². The lowest BCUT2D eigenvalue weighted by Crippen LogP contribution is -2.29. The van der Waals surface area contributed by atoms with Crippen molar-refractivity contribution in [1.82, 2.24) is 5.32 Å². The van der Waals surface area contributed by atoms with Crippen LogP contribution >= 0.6 is 11.6 Å². The van der Waals surface area contributed by atoms with Gasteiger partial charge in [0.05, 0.1) is 11.8 Å². The first-order valence-electron chi connectivity index (χ1n) is 9.67. The van der Waals surface area contributed by atoms with Gasteiger partial charge in [0.15, 0.2) is 0 Å². The van der Waals surface area contributed by atoms with Crippen LogP contribution in [-0.2, 0) is 21.4 Å². The van der Waals surface area contributed by atoms with Crippen LogP contribution in [0.3, 0.4) is 0 Å². The molecular formula is C23H27ClN2O2. The molecule has 3 rings (SSSR count). The molecule has 5 heteroatoms. The van der Waals surface area contributed by atoms with E-state index in [1.165, 1.54) is 5.56 Å². The molecule has 28 heavy (non-hydrogen) atoms. The maximum absolute atomic E-state index is 12.4. The second-order valence-electron chi connectivity index (χ2n) is 8.44. The lowest BCUT2D eigenvalue weighted by molar-refractivity contribution is -0.125. The Morgan fingerprint density at radius 3 is 2.36 bits per heavy atom. The molecule has 4 nitrogen and oxygen atoms in total. The van der Waals surface area contributed by atoms with E-state index in [9.17, 15) is 9.59 Å². The van der Waals surface area contributed by atoms with Crippen molar-refractivity contribution in [3.63, 3.8) is 0 Å². The van der Waals surface area contributed by atoms with Crippen LogP contribution in [0.4, 0.5) is 5.69 Å². The highest BCUT2D eigenvalue weighted by atomic mass is 35.5. The fraction of sp³-hybridized carbons (Fsp3) is 0.391. The summed E-state index contributed by atoms with van der Waals surface area (Å²) in [5.74, 6) is -0.606. The van der Waals surface area contributed by atoms with Gasteiger partial charge in [-0.05, 0) is 53.6 Å². The van der Waals surface area contributed by atoms with Gasteiger partial charge in [0.25, 0.3) is 0 Å². The summed E-state index contributed by atoms with van der Waals surface area (Å²) < 4.78 is 0. The second-order valence-corrected chi connectivity index (χ2v) is 8.87. The molecule has 2 N–H and O–H groups in total. The van der Waals surface area contributed by atoms with Gasteiger partial charge in [-0.25, -0.2) is 0 Å². The lowest BCUT2D eigenvalue weighted by atomic mass is 9.87. The van der Waals surface area contributed by atoms with Crippen molar-refractivity contribution in [2.75, 3.05) is 11.9 Å². The summed E-state index contributed by atoms with van der Waals surface area (Å²) in [6.07, 6.45) is 1.32. The number of benzene rings is 2. The Labute approximate surface area is 171 Å². The number of amides is 2. The van der Waals surface area contributed by atoms with Crippen molar-refractivity contribution in [3.8, 4) is 0 Å². The van der Waals surface area contributed by atoms with E-state index in [0.717, 1.165) is 17.7 Å². The first-order chi connectivity index (χ1) is 13.2. The fourth-order valence-corrected chi connectivity index (χ4v) is 3.43. The zero-order valence-corrected chi connectivity index (χ0v) is 17.3. The molecule has 148 valence electrons. The van der Waals surface area contributed by atoms with E-state index in [0.29, 0.717) is 18.0 Å². The van der Waals surface area contributed by atoms with Crippen molar-refractivity contribution in [2.24, 2.45) is 11.8 Å². The molecular weight excluding hydrogens is 372 g/mol. The van der Waals surface area contributed by atoms with Gasteiger partial charge in [-0.15, -0.1) is 0 Å². The summed E-state index contributed by atoms with van der Waals surface area (Å²) >= 11 is 5.97. The molecule has 2 atom stereocenters. The van der Waals surface area contributed by atoms with Crippen molar-refractivity contribution in [1.29, 1.82) is 0 Å². The fourth-order valence-electron chi connectivity index (χ4n) is 3.22. The zero-order valence-electron chi connectivity index (χ0n) is 16.6. The van der Waals surface area contributed by atoms with Crippen molar-refractivity contribution < 1.29 is 9.59 Å². The van der Waals surface area contributed by atoms with Crippen LogP contribution in [0.5, 0.6) is 0 Å². The Balaban J connectivity index is 1.44. The van der Waals surface area contributed by atoms with Crippen LogP contribution in [-0.4, -0.2) is 18.4 Å². The first-order valence-corrected chi connectivity index (χ1v) is 10.1. The average Bonchev–Trinajstić information content (AvgIpc) is 3.42. The van der Waals surface area contributed by atoms with E-state index in [1.807, 2.05) is 48.5 Å². The van der Waals surface area contributed by atoms with Gasteiger partial charge < -0.3 is 10.6 Å². The number of nitrogens with one attached hydrogen (secondary N) is 2. The van der Waals surface area contributed by atoms with Gasteiger partial charge in [0, 0.05) is 17.3 Å². The normalized spacial score (nSPS) is 18.4. The minimum absolute atomic E-state index is 0.0507. The maximum atomic E-state index is 12.4. The second kappa shape index (κ2) is 8.36. The zero-order chi connectivity index (χ0) is 20.3. The molecule has 1 aliphatic rings. The van der Waals surface area contributed by atoms with Gasteiger partial charge in [0.2, 0.25) is 11.8 Å². The van der Waals surface area contributed by atoms with Gasteiger partial charge >= 0.3 is 0 Å². The largest absolute Gasteiger partial charge is 0.356 e. The van der Waals surface area contributed by atoms with Gasteiger partial charge in [-0.1, -0.05) is 56.6 Å². The Bertz CT molecular complexity index is 856. The molecule has 0 radical (unpaired) electrons. The molecule has 1 fully saturated rings. The first kappa shape index (κ1) is 20.4. The van der Waals surface area contributed by atoms with Crippen molar-refractivity contribution in [3.05, 3.63) is 64.7 Å². The third kappa shape index (κ3) is 5.35. The molecule has 0 saturated heterocycles. The molecule has 2 aromatic rings. The van der Waals surface area contributed by atoms with Gasteiger partial charge in [0.1, 0.15) is 0 Å². The SMILES string of the molecule is CC(C)(C)c1ccc(NC(=O)C2CC2C(=O)NCCc2cccc(Cl)c2)cc1. The Morgan fingerprint density at radius 1 is 1.04 bits per heavy atom. The molecule has 2 unspecified atom stereocenters. The Morgan fingerprint density at radius 2 is 1.71 bits per heavy atom. The third-order valence-corrected chi connectivity index (χ3v) is 5.32. The molecule has 0 bridgehead atoms. The number of carbonyl (C=O) groups excluding carboxylic acids is 2. The highest BCUT2D eigenvalue weighted by Crippen LogP contribution is 2.39. The summed E-state index contributed by atoms with van der Waals surface area (Å²) in [6.45, 7) is 7.00. The molecule has 2 aromatic carbocycles. The average molecular weight is 399 g/mol. The monoisotopic (exact) mass is 398 g/mol. The number of halogens is 1. The summed E-state index contributed by atoms with van der Waals surface area (Å²) in [5.41, 5.74) is 3.14. The number of hydrogen-bond donors (Lipinski definition) is 2. The van der Waals surface area contributed by atoms with Crippen LogP contribution in [0.2, 0.25) is 5.02 Å². The van der Waals surface area contributed by atoms with E-state index in [1.54, 1.807) is 0 Å². The van der Waals surface area contributed by atoms with Crippen LogP contribution in [0.15, 0.2) is 48.5 Å². The predicted octanol–water partition coefficient (Wildman–Crippen LogP) is 4.57. The number of hydrogen-bond acceptors (Lipinski definition) is 2. The van der Waals surface area contributed by atoms with Crippen LogP contribution in [0.1, 0.15) is 38.3 Å². The van der Waals surface area contributed by atoms with Crippen molar-refractivity contribution >= 4 is 29.1 Å². The van der Waals surface area contributed by atoms with E-state index < -0.39 is 0 Å². The predicted molar refractivity (Wildman–Crippen MR) is 114 cm³/mol. The van der Waals surface area contributed by atoms with Crippen LogP contribution in [0.25, 0.3) is 0 Å². The van der Waals surface area contributed by atoms with E-state index >= 15 is 0 Å². The highest BCUT2D eigenvalue weighted by molar-refractivity contribution is 6.30. The molecule has 2 amide bonds. The maximum Gasteiger partial charge on any atom is 0.228 e. The van der Waals surface area contributed by atoms with Gasteiger partial charge in [-0.2, -0.15) is 0 Å². The van der Waals surface area contributed by atoms with E-state index in [4.69, 9.17) is 11.6 Å². The van der Waals surface area contributed by atoms with E-state index in [2.05, 4.69) is 31.4 Å². The number of rotatable bonds is 6. The lowest BCUT2D eigenvalue weighted by Gasteiger charge is -2.19. The topological polar surface area (TPSA) is 58.2 Å². The molecule has 0 heterocycles. The summed E-state index contributed by atoms with van der Waals surface area (Å²) in [6, 6.07) is 15.5. The molecule has 0 aromatic heterocycles. The van der Waals surface area contributed by atoms with Crippen LogP contribution in [0, 0.1) is 11.8 Å². The third-order valence-electron chi connectivity index (χ3n) is 5.08. The number of carbonyl (C=O) groups is 2. The molecule has 0 spiro atoms. The number of anilines is 1. The Hall–Kier alpha value is -2.33. The summed E-state index contributed by atoms with van der Waals surface area (Å²) in [5, 5.41) is 6.54. The van der Waals surface area contributed by atoms with Gasteiger partial charge in [-0.3, -0.25) is 9.59 Å². The quantitative estimate of drug-likeness (QED) is 0.748. The van der Waals surface area contributed by atoms with E-state index in [-0.39, 0.29) is 29.1 Å². The Kier molecular flexibility index (Phi) is 6.09. The smallest absolute Gasteiger partial charge is 0.228 e. The molecule has 1 saturated carbocycles. The summed E-state index contributed by atoms with van der Waals surface area (Å²) in [7, 11) is 0. The minimum atomic E-state index is -0.242. The highest BCUT2D eigenvalue weighted by Gasteiger charge is 2.47. The minimum Gasteiger partial charge on any atom is -0.356 e. The molecule has 1 aliphatic carbocycles. The van der Waals surface area contributed by atoms with Crippen LogP contribution < -0.4 is 10.6 Å².